The van der Waals surface area contributed by atoms with Crippen LogP contribution in [0.25, 0.3) is 0 Å². The second-order valence-electron chi connectivity index (χ2n) is 5.55. The molecule has 5 nitrogen and oxygen atoms in total. The van der Waals surface area contributed by atoms with E-state index >= 15 is 0 Å². The van der Waals surface area contributed by atoms with Crippen LogP contribution in [0.3, 0.4) is 0 Å². The average Bonchev–Trinajstić information content (AvgIpc) is 2.44. The predicted molar refractivity (Wildman–Crippen MR) is 86.6 cm³/mol. The van der Waals surface area contributed by atoms with Crippen molar-refractivity contribution in [1.29, 1.82) is 0 Å². The van der Waals surface area contributed by atoms with Crippen molar-refractivity contribution in [3.63, 3.8) is 0 Å². The molecule has 0 spiro atoms. The number of aromatic nitrogens is 1. The summed E-state index contributed by atoms with van der Waals surface area (Å²) < 4.78 is 26.9. The Hall–Kier alpha value is -1.92. The van der Waals surface area contributed by atoms with Crippen LogP contribution in [-0.4, -0.2) is 31.4 Å². The zero-order valence-electron chi connectivity index (χ0n) is 13.2. The number of pyridine rings is 1. The van der Waals surface area contributed by atoms with Gasteiger partial charge in [0.25, 0.3) is 5.56 Å². The number of hydrogen-bond donors (Lipinski definition) is 0. The van der Waals surface area contributed by atoms with Crippen molar-refractivity contribution in [2.75, 3.05) is 14.1 Å². The van der Waals surface area contributed by atoms with Gasteiger partial charge in [-0.1, -0.05) is 23.8 Å². The van der Waals surface area contributed by atoms with Crippen LogP contribution in [0.5, 0.6) is 0 Å². The summed E-state index contributed by atoms with van der Waals surface area (Å²) in [6.07, 6.45) is 1.40. The number of aryl methyl sites for hydroxylation is 2. The molecule has 1 aromatic heterocycles. The van der Waals surface area contributed by atoms with E-state index in [1.54, 1.807) is 0 Å². The zero-order valence-corrected chi connectivity index (χ0v) is 14.0. The Labute approximate surface area is 130 Å². The van der Waals surface area contributed by atoms with Gasteiger partial charge in [-0.05, 0) is 31.0 Å². The SMILES string of the molecule is Cc1ccc(C)c(Cn2cc(S(=O)(=O)N(C)C)ccc2=O)c1. The Bertz CT molecular complexity index is 852. The fourth-order valence-corrected chi connectivity index (χ4v) is 3.07. The van der Waals surface area contributed by atoms with E-state index < -0.39 is 10.0 Å². The van der Waals surface area contributed by atoms with E-state index in [2.05, 4.69) is 0 Å². The second kappa shape index (κ2) is 6.06. The fraction of sp³-hybridized carbons (Fsp3) is 0.312. The molecule has 0 aliphatic heterocycles. The first kappa shape index (κ1) is 16.5. The molecule has 2 aromatic rings. The molecule has 0 bridgehead atoms. The van der Waals surface area contributed by atoms with Crippen molar-refractivity contribution < 1.29 is 8.42 Å². The molecule has 0 radical (unpaired) electrons. The molecule has 0 atom stereocenters. The van der Waals surface area contributed by atoms with Gasteiger partial charge in [0.05, 0.1) is 11.4 Å². The molecule has 1 heterocycles. The first-order chi connectivity index (χ1) is 10.2. The highest BCUT2D eigenvalue weighted by Gasteiger charge is 2.18. The molecule has 0 N–H and O–H groups in total. The van der Waals surface area contributed by atoms with Crippen LogP contribution in [0.1, 0.15) is 16.7 Å². The quantitative estimate of drug-likeness (QED) is 0.862. The molecular formula is C16H20N2O3S. The standard InChI is InChI=1S/C16H20N2O3S/c1-12-5-6-13(2)14(9-12)10-18-11-15(7-8-16(18)19)22(20,21)17(3)4/h5-9,11H,10H2,1-4H3. The van der Waals surface area contributed by atoms with Gasteiger partial charge in [-0.25, -0.2) is 12.7 Å². The number of nitrogens with zero attached hydrogens (tertiary/aromatic N) is 2. The third-order valence-electron chi connectivity index (χ3n) is 3.58. The second-order valence-corrected chi connectivity index (χ2v) is 7.70. The van der Waals surface area contributed by atoms with Gasteiger partial charge in [-0.2, -0.15) is 0 Å². The van der Waals surface area contributed by atoms with E-state index in [1.165, 1.54) is 37.0 Å². The highest BCUT2D eigenvalue weighted by Crippen LogP contribution is 2.14. The summed E-state index contributed by atoms with van der Waals surface area (Å²) in [4.78, 5) is 12.1. The van der Waals surface area contributed by atoms with Crippen LogP contribution in [0.4, 0.5) is 0 Å². The highest BCUT2D eigenvalue weighted by atomic mass is 32.2. The molecule has 0 fully saturated rings. The molecule has 6 heteroatoms. The Morgan fingerprint density at radius 1 is 1.09 bits per heavy atom. The summed E-state index contributed by atoms with van der Waals surface area (Å²) in [7, 11) is -0.618. The molecule has 1 aromatic carbocycles. The van der Waals surface area contributed by atoms with Gasteiger partial charge in [0.1, 0.15) is 0 Å². The Morgan fingerprint density at radius 2 is 1.77 bits per heavy atom. The van der Waals surface area contributed by atoms with E-state index in [-0.39, 0.29) is 10.5 Å². The number of hydrogen-bond acceptors (Lipinski definition) is 3. The molecule has 2 rings (SSSR count). The maximum Gasteiger partial charge on any atom is 0.250 e. The van der Waals surface area contributed by atoms with Gasteiger partial charge in [0.15, 0.2) is 0 Å². The van der Waals surface area contributed by atoms with Crippen LogP contribution in [0.15, 0.2) is 46.2 Å². The summed E-state index contributed by atoms with van der Waals surface area (Å²) in [5.74, 6) is 0. The first-order valence-electron chi connectivity index (χ1n) is 6.91. The van der Waals surface area contributed by atoms with E-state index in [0.717, 1.165) is 21.0 Å². The van der Waals surface area contributed by atoms with Crippen molar-refractivity contribution in [3.8, 4) is 0 Å². The zero-order chi connectivity index (χ0) is 16.5. The van der Waals surface area contributed by atoms with Crippen molar-refractivity contribution >= 4 is 10.0 Å². The van der Waals surface area contributed by atoms with Crippen molar-refractivity contribution in [2.24, 2.45) is 0 Å². The van der Waals surface area contributed by atoms with Crippen LogP contribution in [0.2, 0.25) is 0 Å². The number of rotatable bonds is 4. The molecule has 0 aliphatic carbocycles. The lowest BCUT2D eigenvalue weighted by molar-refractivity contribution is 0.519. The third kappa shape index (κ3) is 3.28. The van der Waals surface area contributed by atoms with E-state index in [4.69, 9.17) is 0 Å². The average molecular weight is 320 g/mol. The number of sulfonamides is 1. The molecule has 118 valence electrons. The van der Waals surface area contributed by atoms with Gasteiger partial charge in [-0.15, -0.1) is 0 Å². The monoisotopic (exact) mass is 320 g/mol. The lowest BCUT2D eigenvalue weighted by Crippen LogP contribution is -2.26. The van der Waals surface area contributed by atoms with Crippen molar-refractivity contribution in [2.45, 2.75) is 25.3 Å². The molecule has 0 saturated carbocycles. The minimum atomic E-state index is -3.55. The van der Waals surface area contributed by atoms with Crippen LogP contribution in [0, 0.1) is 13.8 Å². The minimum absolute atomic E-state index is 0.113. The van der Waals surface area contributed by atoms with Gasteiger partial charge < -0.3 is 4.57 Å². The van der Waals surface area contributed by atoms with Crippen LogP contribution < -0.4 is 5.56 Å². The van der Waals surface area contributed by atoms with Crippen molar-refractivity contribution in [3.05, 3.63) is 63.6 Å². The van der Waals surface area contributed by atoms with E-state index in [9.17, 15) is 13.2 Å². The lowest BCUT2D eigenvalue weighted by Gasteiger charge is -2.14. The molecular weight excluding hydrogens is 300 g/mol. The lowest BCUT2D eigenvalue weighted by atomic mass is 10.1. The van der Waals surface area contributed by atoms with Gasteiger partial charge in [-0.3, -0.25) is 4.79 Å². The molecule has 0 unspecified atom stereocenters. The van der Waals surface area contributed by atoms with Crippen LogP contribution in [-0.2, 0) is 16.6 Å². The maximum absolute atomic E-state index is 12.2. The summed E-state index contributed by atoms with van der Waals surface area (Å²) in [6.45, 7) is 4.31. The van der Waals surface area contributed by atoms with E-state index in [1.807, 2.05) is 32.0 Å². The fourth-order valence-electron chi connectivity index (χ4n) is 2.15. The summed E-state index contributed by atoms with van der Waals surface area (Å²) >= 11 is 0. The largest absolute Gasteiger partial charge is 0.310 e. The van der Waals surface area contributed by atoms with Gasteiger partial charge in [0, 0.05) is 26.4 Å². The summed E-state index contributed by atoms with van der Waals surface area (Å²) in [5.41, 5.74) is 2.95. The maximum atomic E-state index is 12.2. The molecule has 0 amide bonds. The topological polar surface area (TPSA) is 59.4 Å². The normalized spacial score (nSPS) is 11.9. The van der Waals surface area contributed by atoms with Crippen LogP contribution >= 0.6 is 0 Å². The van der Waals surface area contributed by atoms with Gasteiger partial charge >= 0.3 is 0 Å². The molecule has 0 aliphatic rings. The molecule has 0 saturated heterocycles. The Balaban J connectivity index is 2.48. The molecule has 22 heavy (non-hydrogen) atoms. The summed E-state index contributed by atoms with van der Waals surface area (Å²) in [6, 6.07) is 8.65. The highest BCUT2D eigenvalue weighted by molar-refractivity contribution is 7.89. The number of benzene rings is 1. The minimum Gasteiger partial charge on any atom is -0.310 e. The third-order valence-corrected chi connectivity index (χ3v) is 5.38. The van der Waals surface area contributed by atoms with Crippen molar-refractivity contribution in [1.82, 2.24) is 8.87 Å². The Morgan fingerprint density at radius 3 is 2.41 bits per heavy atom. The predicted octanol–water partition coefficient (Wildman–Crippen LogP) is 1.76. The van der Waals surface area contributed by atoms with E-state index in [0.29, 0.717) is 6.54 Å². The summed E-state index contributed by atoms with van der Waals surface area (Å²) in [5, 5.41) is 0. The smallest absolute Gasteiger partial charge is 0.250 e. The van der Waals surface area contributed by atoms with Gasteiger partial charge in [0.2, 0.25) is 10.0 Å². The Kier molecular flexibility index (Phi) is 4.53. The first-order valence-corrected chi connectivity index (χ1v) is 8.35.